The molecule has 1 aromatic heterocycles. The van der Waals surface area contributed by atoms with E-state index in [1.807, 2.05) is 0 Å². The lowest BCUT2D eigenvalue weighted by atomic mass is 10.4. The third-order valence-electron chi connectivity index (χ3n) is 1.58. The van der Waals surface area contributed by atoms with E-state index in [-0.39, 0.29) is 17.9 Å². The second kappa shape index (κ2) is 4.39. The van der Waals surface area contributed by atoms with Crippen molar-refractivity contribution in [2.24, 2.45) is 0 Å². The van der Waals surface area contributed by atoms with Gasteiger partial charge in [0.05, 0.1) is 19.9 Å². The fraction of sp³-hybridized carbons (Fsp3) is 0.375. The molecule has 0 N–H and O–H groups in total. The average molecular weight is 182 g/mol. The summed E-state index contributed by atoms with van der Waals surface area (Å²) in [6.07, 6.45) is 2.99. The van der Waals surface area contributed by atoms with Crippen molar-refractivity contribution in [2.75, 3.05) is 7.11 Å². The van der Waals surface area contributed by atoms with E-state index in [1.54, 1.807) is 0 Å². The van der Waals surface area contributed by atoms with Gasteiger partial charge in [-0.05, 0) is 0 Å². The number of carbonyl (C=O) groups excluding carboxylic acids is 1. The summed E-state index contributed by atoms with van der Waals surface area (Å²) in [7, 11) is 1.31. The Kier molecular flexibility index (Phi) is 3.19. The van der Waals surface area contributed by atoms with Crippen molar-refractivity contribution >= 4 is 5.97 Å². The van der Waals surface area contributed by atoms with Crippen LogP contribution in [0.25, 0.3) is 0 Å². The van der Waals surface area contributed by atoms with Gasteiger partial charge in [-0.1, -0.05) is 0 Å². The largest absolute Gasteiger partial charge is 0.469 e. The minimum atomic E-state index is -0.337. The Labute approximate surface area is 75.0 Å². The molecule has 0 spiro atoms. The number of rotatable bonds is 3. The standard InChI is InChI=1S/C8H10N2O3/c1-13-8(12)3-5-10-6-9-4-2-7(10)11/h2,4,6H,3,5H2,1H3. The summed E-state index contributed by atoms with van der Waals surface area (Å²) < 4.78 is 5.80. The molecule has 70 valence electrons. The molecule has 0 unspecified atom stereocenters. The Morgan fingerprint density at radius 3 is 3.08 bits per heavy atom. The van der Waals surface area contributed by atoms with Crippen molar-refractivity contribution in [3.63, 3.8) is 0 Å². The van der Waals surface area contributed by atoms with E-state index in [0.717, 1.165) is 0 Å². The predicted octanol–water partition coefficient (Wildman–Crippen LogP) is -0.194. The van der Waals surface area contributed by atoms with Gasteiger partial charge < -0.3 is 4.74 Å². The van der Waals surface area contributed by atoms with Crippen molar-refractivity contribution in [1.29, 1.82) is 0 Å². The summed E-state index contributed by atoms with van der Waals surface area (Å²) in [5.74, 6) is -0.337. The maximum absolute atomic E-state index is 11.1. The lowest BCUT2D eigenvalue weighted by molar-refractivity contribution is -0.140. The lowest BCUT2D eigenvalue weighted by Crippen LogP contribution is -2.20. The summed E-state index contributed by atoms with van der Waals surface area (Å²) in [6, 6.07) is 1.34. The van der Waals surface area contributed by atoms with Crippen molar-refractivity contribution < 1.29 is 9.53 Å². The van der Waals surface area contributed by atoms with Crippen LogP contribution in [0.3, 0.4) is 0 Å². The highest BCUT2D eigenvalue weighted by Gasteiger charge is 2.01. The predicted molar refractivity (Wildman–Crippen MR) is 45.1 cm³/mol. The number of nitrogens with zero attached hydrogens (tertiary/aromatic N) is 2. The molecule has 1 rings (SSSR count). The number of hydrogen-bond donors (Lipinski definition) is 0. The molecule has 1 heterocycles. The van der Waals surface area contributed by atoms with Gasteiger partial charge in [0.25, 0.3) is 5.56 Å². The second-order valence-corrected chi connectivity index (χ2v) is 2.44. The molecule has 5 nitrogen and oxygen atoms in total. The van der Waals surface area contributed by atoms with Gasteiger partial charge in [-0.2, -0.15) is 0 Å². The van der Waals surface area contributed by atoms with Crippen LogP contribution < -0.4 is 5.56 Å². The Morgan fingerprint density at radius 1 is 1.69 bits per heavy atom. The fourth-order valence-electron chi connectivity index (χ4n) is 0.860. The normalized spacial score (nSPS) is 9.62. The van der Waals surface area contributed by atoms with E-state index < -0.39 is 0 Å². The molecule has 13 heavy (non-hydrogen) atoms. The Balaban J connectivity index is 2.60. The first-order chi connectivity index (χ1) is 6.24. The van der Waals surface area contributed by atoms with Gasteiger partial charge in [-0.15, -0.1) is 0 Å². The van der Waals surface area contributed by atoms with Crippen molar-refractivity contribution in [3.05, 3.63) is 28.9 Å². The van der Waals surface area contributed by atoms with E-state index in [1.165, 1.54) is 30.3 Å². The number of aromatic nitrogens is 2. The molecule has 5 heteroatoms. The topological polar surface area (TPSA) is 61.2 Å². The van der Waals surface area contributed by atoms with Gasteiger partial charge in [0.15, 0.2) is 0 Å². The maximum atomic E-state index is 11.1. The molecule has 1 aromatic rings. The Hall–Kier alpha value is -1.65. The first-order valence-electron chi connectivity index (χ1n) is 3.81. The van der Waals surface area contributed by atoms with Gasteiger partial charge in [0.2, 0.25) is 0 Å². The number of esters is 1. The number of methoxy groups -OCH3 is 1. The molecule has 0 amide bonds. The molecule has 0 radical (unpaired) electrons. The van der Waals surface area contributed by atoms with Crippen molar-refractivity contribution in [3.8, 4) is 0 Å². The molecule has 0 fully saturated rings. The third-order valence-corrected chi connectivity index (χ3v) is 1.58. The van der Waals surface area contributed by atoms with Crippen molar-refractivity contribution in [2.45, 2.75) is 13.0 Å². The first kappa shape index (κ1) is 9.44. The fourth-order valence-corrected chi connectivity index (χ4v) is 0.860. The number of ether oxygens (including phenoxy) is 1. The summed E-state index contributed by atoms with van der Waals surface area (Å²) in [4.78, 5) is 25.6. The van der Waals surface area contributed by atoms with Crippen molar-refractivity contribution in [1.82, 2.24) is 9.55 Å². The molecule has 0 aliphatic carbocycles. The van der Waals surface area contributed by atoms with Gasteiger partial charge in [-0.25, -0.2) is 4.98 Å². The smallest absolute Gasteiger partial charge is 0.307 e. The van der Waals surface area contributed by atoms with Crippen LogP contribution in [0.5, 0.6) is 0 Å². The zero-order chi connectivity index (χ0) is 9.68. The quantitative estimate of drug-likeness (QED) is 0.608. The summed E-state index contributed by atoms with van der Waals surface area (Å²) >= 11 is 0. The summed E-state index contributed by atoms with van der Waals surface area (Å²) in [5.41, 5.74) is -0.168. The van der Waals surface area contributed by atoms with Crippen LogP contribution in [0.15, 0.2) is 23.4 Å². The highest BCUT2D eigenvalue weighted by atomic mass is 16.5. The molecule has 0 atom stereocenters. The first-order valence-corrected chi connectivity index (χ1v) is 3.81. The van der Waals surface area contributed by atoms with Crippen LogP contribution in [0.4, 0.5) is 0 Å². The van der Waals surface area contributed by atoms with Gasteiger partial charge in [0, 0.05) is 18.8 Å². The number of aryl methyl sites for hydroxylation is 1. The van der Waals surface area contributed by atoms with Crippen LogP contribution in [0, 0.1) is 0 Å². The molecule has 0 aliphatic heterocycles. The highest BCUT2D eigenvalue weighted by Crippen LogP contribution is 1.87. The Morgan fingerprint density at radius 2 is 2.46 bits per heavy atom. The third kappa shape index (κ3) is 2.70. The van der Waals surface area contributed by atoms with Crippen LogP contribution in [-0.4, -0.2) is 22.6 Å². The molecule has 0 bridgehead atoms. The van der Waals surface area contributed by atoms with E-state index in [2.05, 4.69) is 9.72 Å². The maximum Gasteiger partial charge on any atom is 0.307 e. The van der Waals surface area contributed by atoms with Crippen LogP contribution >= 0.6 is 0 Å². The molecule has 0 aliphatic rings. The van der Waals surface area contributed by atoms with Gasteiger partial charge in [-0.3, -0.25) is 14.2 Å². The zero-order valence-corrected chi connectivity index (χ0v) is 7.27. The van der Waals surface area contributed by atoms with Gasteiger partial charge in [0.1, 0.15) is 0 Å². The molecular weight excluding hydrogens is 172 g/mol. The SMILES string of the molecule is COC(=O)CCn1cnccc1=O. The van der Waals surface area contributed by atoms with E-state index in [4.69, 9.17) is 0 Å². The van der Waals surface area contributed by atoms with Gasteiger partial charge >= 0.3 is 5.97 Å². The molecule has 0 saturated heterocycles. The zero-order valence-electron chi connectivity index (χ0n) is 7.27. The summed E-state index contributed by atoms with van der Waals surface area (Å²) in [6.45, 7) is 0.305. The second-order valence-electron chi connectivity index (χ2n) is 2.44. The van der Waals surface area contributed by atoms with Crippen LogP contribution in [0.1, 0.15) is 6.42 Å². The molecular formula is C8H10N2O3. The average Bonchev–Trinajstić information content (AvgIpc) is 2.16. The minimum Gasteiger partial charge on any atom is -0.469 e. The van der Waals surface area contributed by atoms with Crippen LogP contribution in [0.2, 0.25) is 0 Å². The lowest BCUT2D eigenvalue weighted by Gasteiger charge is -2.01. The number of hydrogen-bond acceptors (Lipinski definition) is 4. The van der Waals surface area contributed by atoms with Crippen LogP contribution in [-0.2, 0) is 16.1 Å². The minimum absolute atomic E-state index is 0.168. The summed E-state index contributed by atoms with van der Waals surface area (Å²) in [5, 5.41) is 0. The number of carbonyl (C=O) groups is 1. The molecule has 0 saturated carbocycles. The molecule has 0 aromatic carbocycles. The highest BCUT2D eigenvalue weighted by molar-refractivity contribution is 5.68. The van der Waals surface area contributed by atoms with E-state index in [0.29, 0.717) is 6.54 Å². The Bertz CT molecular complexity index is 345. The van der Waals surface area contributed by atoms with E-state index >= 15 is 0 Å². The monoisotopic (exact) mass is 182 g/mol. The van der Waals surface area contributed by atoms with E-state index in [9.17, 15) is 9.59 Å².